The fraction of sp³-hybridized carbons (Fsp3) is 0.636. The predicted octanol–water partition coefficient (Wildman–Crippen LogP) is 2.26. The van der Waals surface area contributed by atoms with Crippen molar-refractivity contribution in [2.24, 2.45) is 0 Å². The highest BCUT2D eigenvalue weighted by molar-refractivity contribution is 5.42. The first-order valence-corrected chi connectivity index (χ1v) is 5.50. The van der Waals surface area contributed by atoms with E-state index in [1.165, 1.54) is 25.7 Å². The second-order valence-corrected chi connectivity index (χ2v) is 4.43. The predicted molar refractivity (Wildman–Crippen MR) is 62.1 cm³/mol. The smallest absolute Gasteiger partial charge is 0.147 e. The molecule has 0 aliphatic heterocycles. The van der Waals surface area contributed by atoms with Crippen molar-refractivity contribution < 1.29 is 0 Å². The molecule has 2 rings (SSSR count). The second kappa shape index (κ2) is 4.04. The molecule has 1 saturated carbocycles. The molecule has 82 valence electrons. The van der Waals surface area contributed by atoms with Gasteiger partial charge in [0.25, 0.3) is 0 Å². The molecule has 0 saturated heterocycles. The summed E-state index contributed by atoms with van der Waals surface area (Å²) in [6.45, 7) is 2.26. The topological polar surface area (TPSA) is 49.8 Å². The van der Waals surface area contributed by atoms with Crippen molar-refractivity contribution in [3.8, 4) is 0 Å². The molecular formula is C11H18N4. The van der Waals surface area contributed by atoms with Gasteiger partial charge in [0.2, 0.25) is 0 Å². The van der Waals surface area contributed by atoms with Crippen LogP contribution < -0.4 is 10.6 Å². The molecule has 0 spiro atoms. The highest BCUT2D eigenvalue weighted by atomic mass is 15.1. The number of hydrogen-bond acceptors (Lipinski definition) is 4. The molecule has 0 atom stereocenters. The number of nitrogens with zero attached hydrogens (tertiary/aromatic N) is 2. The van der Waals surface area contributed by atoms with Crippen LogP contribution in [0.25, 0.3) is 0 Å². The van der Waals surface area contributed by atoms with E-state index >= 15 is 0 Å². The van der Waals surface area contributed by atoms with Crippen molar-refractivity contribution >= 4 is 11.6 Å². The Morgan fingerprint density at radius 2 is 1.87 bits per heavy atom. The fourth-order valence-electron chi connectivity index (χ4n) is 2.14. The van der Waals surface area contributed by atoms with Crippen molar-refractivity contribution in [1.29, 1.82) is 0 Å². The zero-order valence-corrected chi connectivity index (χ0v) is 9.38. The molecule has 0 amide bonds. The number of nitrogens with one attached hydrogen (secondary N) is 2. The Kier molecular flexibility index (Phi) is 2.75. The molecule has 1 aromatic heterocycles. The van der Waals surface area contributed by atoms with Gasteiger partial charge < -0.3 is 10.6 Å². The van der Waals surface area contributed by atoms with E-state index in [1.807, 2.05) is 7.05 Å². The SMILES string of the molecule is CNc1cncc(NC2(C)CCCC2)n1. The highest BCUT2D eigenvalue weighted by Crippen LogP contribution is 2.31. The summed E-state index contributed by atoms with van der Waals surface area (Å²) in [6.07, 6.45) is 8.56. The Balaban J connectivity index is 2.09. The fourth-order valence-corrected chi connectivity index (χ4v) is 2.14. The standard InChI is InChI=1S/C11H18N4/c1-11(5-3-4-6-11)15-10-8-13-7-9(12-2)14-10/h7-8H,3-6H2,1-2H3,(H2,12,14,15). The largest absolute Gasteiger partial charge is 0.372 e. The van der Waals surface area contributed by atoms with E-state index in [0.717, 1.165) is 11.6 Å². The normalized spacial score (nSPS) is 18.8. The summed E-state index contributed by atoms with van der Waals surface area (Å²) in [5, 5.41) is 6.47. The third-order valence-corrected chi connectivity index (χ3v) is 3.03. The van der Waals surface area contributed by atoms with Gasteiger partial charge in [-0.15, -0.1) is 0 Å². The minimum Gasteiger partial charge on any atom is -0.372 e. The van der Waals surface area contributed by atoms with Gasteiger partial charge in [0.1, 0.15) is 11.6 Å². The lowest BCUT2D eigenvalue weighted by molar-refractivity contribution is 0.531. The zero-order chi connectivity index (χ0) is 10.7. The molecule has 0 unspecified atom stereocenters. The number of rotatable bonds is 3. The molecule has 0 aromatic carbocycles. The molecule has 4 nitrogen and oxygen atoms in total. The van der Waals surface area contributed by atoms with Crippen LogP contribution in [-0.4, -0.2) is 22.6 Å². The van der Waals surface area contributed by atoms with Crippen LogP contribution in [0, 0.1) is 0 Å². The Morgan fingerprint density at radius 1 is 1.20 bits per heavy atom. The van der Waals surface area contributed by atoms with Crippen LogP contribution >= 0.6 is 0 Å². The van der Waals surface area contributed by atoms with Crippen molar-refractivity contribution in [2.75, 3.05) is 17.7 Å². The van der Waals surface area contributed by atoms with Crippen LogP contribution in [0.15, 0.2) is 12.4 Å². The van der Waals surface area contributed by atoms with E-state index in [-0.39, 0.29) is 5.54 Å². The molecule has 1 aromatic rings. The molecule has 1 heterocycles. The molecule has 0 bridgehead atoms. The van der Waals surface area contributed by atoms with Crippen molar-refractivity contribution in [3.05, 3.63) is 12.4 Å². The van der Waals surface area contributed by atoms with E-state index in [1.54, 1.807) is 12.4 Å². The molecule has 1 fully saturated rings. The average Bonchev–Trinajstić information content (AvgIpc) is 2.65. The lowest BCUT2D eigenvalue weighted by atomic mass is 10.0. The molecule has 0 radical (unpaired) electrons. The summed E-state index contributed by atoms with van der Waals surface area (Å²) < 4.78 is 0. The van der Waals surface area contributed by atoms with Gasteiger partial charge in [0.15, 0.2) is 0 Å². The van der Waals surface area contributed by atoms with Crippen LogP contribution in [-0.2, 0) is 0 Å². The van der Waals surface area contributed by atoms with Gasteiger partial charge in [-0.1, -0.05) is 12.8 Å². The summed E-state index contributed by atoms with van der Waals surface area (Å²) in [5.41, 5.74) is 0.209. The maximum atomic E-state index is 4.42. The zero-order valence-electron chi connectivity index (χ0n) is 9.38. The van der Waals surface area contributed by atoms with E-state index < -0.39 is 0 Å². The summed E-state index contributed by atoms with van der Waals surface area (Å²) in [5.74, 6) is 1.67. The summed E-state index contributed by atoms with van der Waals surface area (Å²) in [7, 11) is 1.85. The first kappa shape index (κ1) is 10.2. The Bertz CT molecular complexity index is 331. The number of hydrogen-bond donors (Lipinski definition) is 2. The van der Waals surface area contributed by atoms with Crippen molar-refractivity contribution in [2.45, 2.75) is 38.1 Å². The van der Waals surface area contributed by atoms with Gasteiger partial charge in [0, 0.05) is 12.6 Å². The Labute approximate surface area is 90.5 Å². The average molecular weight is 206 g/mol. The van der Waals surface area contributed by atoms with Crippen LogP contribution in [0.3, 0.4) is 0 Å². The quantitative estimate of drug-likeness (QED) is 0.796. The van der Waals surface area contributed by atoms with E-state index in [2.05, 4.69) is 27.5 Å². The van der Waals surface area contributed by atoms with Crippen molar-refractivity contribution in [1.82, 2.24) is 9.97 Å². The van der Waals surface area contributed by atoms with Gasteiger partial charge in [-0.3, -0.25) is 4.98 Å². The van der Waals surface area contributed by atoms with Gasteiger partial charge >= 0.3 is 0 Å². The lowest BCUT2D eigenvalue weighted by Crippen LogP contribution is -2.31. The van der Waals surface area contributed by atoms with Gasteiger partial charge in [0.05, 0.1) is 12.4 Å². The molecule has 1 aliphatic carbocycles. The van der Waals surface area contributed by atoms with E-state index in [0.29, 0.717) is 0 Å². The Hall–Kier alpha value is -1.32. The lowest BCUT2D eigenvalue weighted by Gasteiger charge is -2.25. The minimum absolute atomic E-state index is 0.209. The summed E-state index contributed by atoms with van der Waals surface area (Å²) in [4.78, 5) is 8.56. The molecule has 4 heteroatoms. The molecular weight excluding hydrogens is 188 g/mol. The monoisotopic (exact) mass is 206 g/mol. The highest BCUT2D eigenvalue weighted by Gasteiger charge is 2.28. The summed E-state index contributed by atoms with van der Waals surface area (Å²) in [6, 6.07) is 0. The molecule has 15 heavy (non-hydrogen) atoms. The van der Waals surface area contributed by atoms with Crippen LogP contribution in [0.5, 0.6) is 0 Å². The van der Waals surface area contributed by atoms with Gasteiger partial charge in [-0.05, 0) is 19.8 Å². The van der Waals surface area contributed by atoms with Crippen molar-refractivity contribution in [3.63, 3.8) is 0 Å². The maximum Gasteiger partial charge on any atom is 0.147 e. The number of aromatic nitrogens is 2. The van der Waals surface area contributed by atoms with Gasteiger partial charge in [-0.2, -0.15) is 0 Å². The first-order chi connectivity index (χ1) is 7.22. The second-order valence-electron chi connectivity index (χ2n) is 4.43. The third kappa shape index (κ3) is 2.37. The van der Waals surface area contributed by atoms with Crippen LogP contribution in [0.1, 0.15) is 32.6 Å². The summed E-state index contributed by atoms with van der Waals surface area (Å²) >= 11 is 0. The number of anilines is 2. The maximum absolute atomic E-state index is 4.42. The van der Waals surface area contributed by atoms with Crippen LogP contribution in [0.2, 0.25) is 0 Å². The first-order valence-electron chi connectivity index (χ1n) is 5.50. The minimum atomic E-state index is 0.209. The van der Waals surface area contributed by atoms with E-state index in [4.69, 9.17) is 0 Å². The third-order valence-electron chi connectivity index (χ3n) is 3.03. The molecule has 2 N–H and O–H groups in total. The van der Waals surface area contributed by atoms with Crippen LogP contribution in [0.4, 0.5) is 11.6 Å². The van der Waals surface area contributed by atoms with Gasteiger partial charge in [-0.25, -0.2) is 4.98 Å². The van der Waals surface area contributed by atoms with E-state index in [9.17, 15) is 0 Å². The Morgan fingerprint density at radius 3 is 2.53 bits per heavy atom. The molecule has 1 aliphatic rings.